The molecular formula is C9H12LiN. The minimum absolute atomic E-state index is 0. The summed E-state index contributed by atoms with van der Waals surface area (Å²) in [5.41, 5.74) is 9.28. The van der Waals surface area contributed by atoms with E-state index in [0.29, 0.717) is 11.6 Å². The third-order valence-electron chi connectivity index (χ3n) is 1.58. The van der Waals surface area contributed by atoms with Crippen LogP contribution in [0.4, 0.5) is 5.69 Å². The molecule has 0 aliphatic heterocycles. The van der Waals surface area contributed by atoms with E-state index in [1.54, 1.807) is 0 Å². The fourth-order valence-corrected chi connectivity index (χ4v) is 1.00. The Morgan fingerprint density at radius 1 is 1.18 bits per heavy atom. The summed E-state index contributed by atoms with van der Waals surface area (Å²) < 4.78 is 0. The number of benzene rings is 1. The first-order valence-electron chi connectivity index (χ1n) is 3.52. The molecule has 2 heteroatoms. The van der Waals surface area contributed by atoms with Crippen molar-refractivity contribution in [3.63, 3.8) is 0 Å². The standard InChI is InChI=1S/C9H12N.Li/c1-7(2)8-5-3-4-6-9(8)10;/h3-7,10H,1-2H3;/q-1;+1. The molecule has 0 aliphatic carbocycles. The zero-order chi connectivity index (χ0) is 7.56. The van der Waals surface area contributed by atoms with Gasteiger partial charge in [0.15, 0.2) is 0 Å². The van der Waals surface area contributed by atoms with Gasteiger partial charge in [0, 0.05) is 0 Å². The van der Waals surface area contributed by atoms with Crippen LogP contribution in [0.25, 0.3) is 5.73 Å². The Bertz CT molecular complexity index is 221. The van der Waals surface area contributed by atoms with E-state index < -0.39 is 0 Å². The predicted octanol–water partition coefficient (Wildman–Crippen LogP) is 0.498. The molecule has 0 saturated carbocycles. The van der Waals surface area contributed by atoms with E-state index in [1.807, 2.05) is 24.3 Å². The molecule has 0 radical (unpaired) electrons. The molecule has 0 atom stereocenters. The van der Waals surface area contributed by atoms with Gasteiger partial charge in [-0.05, 0) is 5.92 Å². The average Bonchev–Trinajstić information content (AvgIpc) is 1.88. The summed E-state index contributed by atoms with van der Waals surface area (Å²) in [6, 6.07) is 7.71. The summed E-state index contributed by atoms with van der Waals surface area (Å²) in [7, 11) is 0. The number of hydrogen-bond acceptors (Lipinski definition) is 0. The number of nitrogens with one attached hydrogen (secondary N) is 1. The van der Waals surface area contributed by atoms with Crippen molar-refractivity contribution >= 4 is 5.69 Å². The molecule has 1 N–H and O–H groups in total. The van der Waals surface area contributed by atoms with E-state index in [0.717, 1.165) is 5.56 Å². The largest absolute Gasteiger partial charge is 1.00 e. The fourth-order valence-electron chi connectivity index (χ4n) is 1.00. The summed E-state index contributed by atoms with van der Waals surface area (Å²) in [4.78, 5) is 0. The summed E-state index contributed by atoms with van der Waals surface area (Å²) in [6.07, 6.45) is 0. The van der Waals surface area contributed by atoms with Crippen molar-refractivity contribution < 1.29 is 18.9 Å². The molecule has 0 heterocycles. The first-order chi connectivity index (χ1) is 4.72. The van der Waals surface area contributed by atoms with Gasteiger partial charge in [-0.15, -0.1) is 5.69 Å². The predicted molar refractivity (Wildman–Crippen MR) is 44.5 cm³/mol. The molecule has 11 heavy (non-hydrogen) atoms. The van der Waals surface area contributed by atoms with E-state index in [2.05, 4.69) is 13.8 Å². The molecule has 0 bridgehead atoms. The minimum Gasteiger partial charge on any atom is -0.698 e. The van der Waals surface area contributed by atoms with Crippen molar-refractivity contribution in [2.24, 2.45) is 0 Å². The second-order valence-corrected chi connectivity index (χ2v) is 2.74. The van der Waals surface area contributed by atoms with Crippen LogP contribution in [0.15, 0.2) is 24.3 Å². The van der Waals surface area contributed by atoms with Crippen LogP contribution < -0.4 is 18.9 Å². The van der Waals surface area contributed by atoms with Crippen LogP contribution in [0.2, 0.25) is 0 Å². The molecule has 1 nitrogen and oxygen atoms in total. The van der Waals surface area contributed by atoms with Crippen LogP contribution in [0, 0.1) is 0 Å². The molecule has 0 aliphatic rings. The molecule has 0 fully saturated rings. The Labute approximate surface area is 80.2 Å². The van der Waals surface area contributed by atoms with Crippen LogP contribution in [-0.2, 0) is 0 Å². The Kier molecular flexibility index (Phi) is 4.33. The van der Waals surface area contributed by atoms with Crippen molar-refractivity contribution in [1.82, 2.24) is 0 Å². The van der Waals surface area contributed by atoms with E-state index >= 15 is 0 Å². The fraction of sp³-hybridized carbons (Fsp3) is 0.333. The molecule has 0 aromatic heterocycles. The van der Waals surface area contributed by atoms with Gasteiger partial charge in [-0.25, -0.2) is 0 Å². The van der Waals surface area contributed by atoms with Crippen LogP contribution in [0.3, 0.4) is 0 Å². The molecule has 1 aromatic rings. The quantitative estimate of drug-likeness (QED) is 0.508. The SMILES string of the molecule is CC(C)c1ccccc1[NH-].[Li+]. The molecule has 0 amide bonds. The summed E-state index contributed by atoms with van der Waals surface area (Å²) in [5, 5.41) is 0. The molecule has 0 saturated heterocycles. The third-order valence-corrected chi connectivity index (χ3v) is 1.58. The van der Waals surface area contributed by atoms with E-state index in [4.69, 9.17) is 5.73 Å². The number of hydrogen-bond donors (Lipinski definition) is 0. The van der Waals surface area contributed by atoms with Crippen molar-refractivity contribution in [3.05, 3.63) is 35.6 Å². The van der Waals surface area contributed by atoms with Gasteiger partial charge < -0.3 is 5.73 Å². The van der Waals surface area contributed by atoms with Crippen molar-refractivity contribution in [2.75, 3.05) is 0 Å². The van der Waals surface area contributed by atoms with Gasteiger partial charge in [0.25, 0.3) is 0 Å². The van der Waals surface area contributed by atoms with Gasteiger partial charge in [0.05, 0.1) is 0 Å². The van der Waals surface area contributed by atoms with Crippen LogP contribution >= 0.6 is 0 Å². The Morgan fingerprint density at radius 3 is 2.09 bits per heavy atom. The maximum absolute atomic E-state index is 7.50. The zero-order valence-corrected chi connectivity index (χ0v) is 7.39. The van der Waals surface area contributed by atoms with Gasteiger partial charge in [0.2, 0.25) is 0 Å². The molecule has 0 spiro atoms. The first-order valence-corrected chi connectivity index (χ1v) is 3.52. The zero-order valence-electron chi connectivity index (χ0n) is 7.39. The maximum atomic E-state index is 7.50. The van der Waals surface area contributed by atoms with Crippen LogP contribution in [0.5, 0.6) is 0 Å². The van der Waals surface area contributed by atoms with Crippen molar-refractivity contribution in [2.45, 2.75) is 19.8 Å². The van der Waals surface area contributed by atoms with E-state index in [-0.39, 0.29) is 18.9 Å². The third kappa shape index (κ3) is 2.61. The smallest absolute Gasteiger partial charge is 0.698 e. The number of rotatable bonds is 1. The average molecular weight is 141 g/mol. The van der Waals surface area contributed by atoms with Gasteiger partial charge in [0.1, 0.15) is 0 Å². The van der Waals surface area contributed by atoms with Gasteiger partial charge in [-0.2, -0.15) is 0 Å². The van der Waals surface area contributed by atoms with E-state index in [9.17, 15) is 0 Å². The maximum Gasteiger partial charge on any atom is 1.00 e. The monoisotopic (exact) mass is 141 g/mol. The Balaban J connectivity index is 0.000001000. The molecular weight excluding hydrogens is 129 g/mol. The second-order valence-electron chi connectivity index (χ2n) is 2.74. The Morgan fingerprint density at radius 2 is 1.73 bits per heavy atom. The summed E-state index contributed by atoms with van der Waals surface area (Å²) >= 11 is 0. The second kappa shape index (κ2) is 4.49. The molecule has 1 rings (SSSR count). The molecule has 54 valence electrons. The van der Waals surface area contributed by atoms with Crippen molar-refractivity contribution in [3.8, 4) is 0 Å². The van der Waals surface area contributed by atoms with Gasteiger partial charge in [-0.3, -0.25) is 0 Å². The Hall–Kier alpha value is -0.383. The molecule has 1 aromatic carbocycles. The topological polar surface area (TPSA) is 23.8 Å². The summed E-state index contributed by atoms with van der Waals surface area (Å²) in [6.45, 7) is 4.21. The van der Waals surface area contributed by atoms with E-state index in [1.165, 1.54) is 0 Å². The molecule has 0 unspecified atom stereocenters. The minimum atomic E-state index is 0. The summed E-state index contributed by atoms with van der Waals surface area (Å²) in [5.74, 6) is 0.466. The van der Waals surface area contributed by atoms with Crippen LogP contribution in [-0.4, -0.2) is 0 Å². The van der Waals surface area contributed by atoms with Crippen LogP contribution in [0.1, 0.15) is 25.3 Å². The van der Waals surface area contributed by atoms with Gasteiger partial charge >= 0.3 is 18.9 Å². The normalized spacial score (nSPS) is 9.36. The van der Waals surface area contributed by atoms with Gasteiger partial charge in [-0.1, -0.05) is 43.7 Å². The van der Waals surface area contributed by atoms with Crippen molar-refractivity contribution in [1.29, 1.82) is 0 Å². The first kappa shape index (κ1) is 10.6.